The van der Waals surface area contributed by atoms with Gasteiger partial charge in [0.1, 0.15) is 5.56 Å². The predicted molar refractivity (Wildman–Crippen MR) is 106 cm³/mol. The molecule has 27 heavy (non-hydrogen) atoms. The fourth-order valence-corrected chi connectivity index (χ4v) is 2.42. The van der Waals surface area contributed by atoms with Gasteiger partial charge >= 0.3 is 0 Å². The van der Waals surface area contributed by atoms with Crippen LogP contribution in [0.4, 0.5) is 11.4 Å². The van der Waals surface area contributed by atoms with Crippen LogP contribution in [0.3, 0.4) is 0 Å². The molecule has 0 radical (unpaired) electrons. The number of nitro benzene ring substituents is 1. The fraction of sp³-hybridized carbons (Fsp3) is 0.167. The van der Waals surface area contributed by atoms with Gasteiger partial charge in [-0.3, -0.25) is 25.0 Å². The van der Waals surface area contributed by atoms with Crippen molar-refractivity contribution in [3.05, 3.63) is 69.8 Å². The minimum absolute atomic E-state index is 0.0162. The number of nitrogens with zero attached hydrogens (tertiary/aromatic N) is 1. The monoisotopic (exact) mass is 386 g/mol. The Labute approximate surface area is 161 Å². The molecule has 2 rings (SSSR count). The molecule has 0 saturated heterocycles. The Bertz CT molecular complexity index is 881. The SMILES string of the molecule is CC(C)NC(=O)c1ccc(NC(=S)NC(=O)c2ccccc2[N+](=O)[O-])cc1. The number of carbonyl (C=O) groups excluding carboxylic acids is 2. The number of hydrogen-bond acceptors (Lipinski definition) is 5. The molecule has 0 saturated carbocycles. The van der Waals surface area contributed by atoms with E-state index in [2.05, 4.69) is 16.0 Å². The first-order valence-corrected chi connectivity index (χ1v) is 8.45. The van der Waals surface area contributed by atoms with E-state index in [1.54, 1.807) is 24.3 Å². The van der Waals surface area contributed by atoms with Crippen LogP contribution in [0.5, 0.6) is 0 Å². The van der Waals surface area contributed by atoms with E-state index in [1.807, 2.05) is 13.8 Å². The Morgan fingerprint density at radius 3 is 2.26 bits per heavy atom. The molecule has 9 heteroatoms. The summed E-state index contributed by atoms with van der Waals surface area (Å²) < 4.78 is 0. The number of rotatable bonds is 5. The molecule has 3 N–H and O–H groups in total. The maximum atomic E-state index is 12.2. The molecule has 2 amide bonds. The normalized spacial score (nSPS) is 10.2. The molecule has 0 unspecified atom stereocenters. The number of thiocarbonyl (C=S) groups is 1. The smallest absolute Gasteiger partial charge is 0.282 e. The van der Waals surface area contributed by atoms with Gasteiger partial charge in [-0.15, -0.1) is 0 Å². The Morgan fingerprint density at radius 2 is 1.67 bits per heavy atom. The summed E-state index contributed by atoms with van der Waals surface area (Å²) in [6.45, 7) is 3.73. The molecule has 0 heterocycles. The Hall–Kier alpha value is -3.33. The summed E-state index contributed by atoms with van der Waals surface area (Å²) in [5.41, 5.74) is 0.652. The quantitative estimate of drug-likeness (QED) is 0.414. The number of hydrogen-bond donors (Lipinski definition) is 3. The average molecular weight is 386 g/mol. The second-order valence-electron chi connectivity index (χ2n) is 5.89. The van der Waals surface area contributed by atoms with Gasteiger partial charge in [-0.25, -0.2) is 0 Å². The predicted octanol–water partition coefficient (Wildman–Crippen LogP) is 2.86. The van der Waals surface area contributed by atoms with Crippen LogP contribution in [-0.2, 0) is 0 Å². The summed E-state index contributed by atoms with van der Waals surface area (Å²) >= 11 is 5.07. The first-order valence-electron chi connectivity index (χ1n) is 8.04. The average Bonchev–Trinajstić information content (AvgIpc) is 2.61. The van der Waals surface area contributed by atoms with Gasteiger partial charge in [-0.05, 0) is 56.4 Å². The van der Waals surface area contributed by atoms with Gasteiger partial charge < -0.3 is 10.6 Å². The zero-order chi connectivity index (χ0) is 20.0. The van der Waals surface area contributed by atoms with Crippen molar-refractivity contribution in [3.8, 4) is 0 Å². The molecule has 0 aliphatic heterocycles. The summed E-state index contributed by atoms with van der Waals surface area (Å²) in [6.07, 6.45) is 0. The fourth-order valence-electron chi connectivity index (χ4n) is 2.21. The third-order valence-corrected chi connectivity index (χ3v) is 3.60. The summed E-state index contributed by atoms with van der Waals surface area (Å²) in [5, 5.41) is 19.0. The summed E-state index contributed by atoms with van der Waals surface area (Å²) in [7, 11) is 0. The van der Waals surface area contributed by atoms with Crippen LogP contribution in [0.15, 0.2) is 48.5 Å². The Balaban J connectivity index is 2.01. The molecule has 0 aromatic heterocycles. The van der Waals surface area contributed by atoms with Gasteiger partial charge in [-0.2, -0.15) is 0 Å². The standard InChI is InChI=1S/C18H18N4O4S/c1-11(2)19-16(23)12-7-9-13(10-8-12)20-18(27)21-17(24)14-5-3-4-6-15(14)22(25)26/h3-11H,1-2H3,(H,19,23)(H2,20,21,24,27). The van der Waals surface area contributed by atoms with Crippen LogP contribution in [0.25, 0.3) is 0 Å². The minimum atomic E-state index is -0.687. The highest BCUT2D eigenvalue weighted by molar-refractivity contribution is 7.80. The van der Waals surface area contributed by atoms with Crippen LogP contribution in [0.1, 0.15) is 34.6 Å². The number of nitrogens with one attached hydrogen (secondary N) is 3. The minimum Gasteiger partial charge on any atom is -0.350 e. The third kappa shape index (κ3) is 5.58. The largest absolute Gasteiger partial charge is 0.350 e. The zero-order valence-electron chi connectivity index (χ0n) is 14.7. The Morgan fingerprint density at radius 1 is 1.04 bits per heavy atom. The highest BCUT2D eigenvalue weighted by Crippen LogP contribution is 2.17. The number of benzene rings is 2. The Kier molecular flexibility index (Phi) is 6.56. The summed E-state index contributed by atoms with van der Waals surface area (Å²) in [5.74, 6) is -0.878. The molecule has 0 atom stereocenters. The summed E-state index contributed by atoms with van der Waals surface area (Å²) in [6, 6.07) is 12.1. The van der Waals surface area contributed by atoms with E-state index in [1.165, 1.54) is 24.3 Å². The van der Waals surface area contributed by atoms with Crippen molar-refractivity contribution >= 4 is 40.5 Å². The zero-order valence-corrected chi connectivity index (χ0v) is 15.5. The number of anilines is 1. The van der Waals surface area contributed by atoms with Gasteiger partial charge in [0, 0.05) is 23.4 Å². The molecule has 0 bridgehead atoms. The molecule has 2 aromatic carbocycles. The van der Waals surface area contributed by atoms with E-state index in [0.717, 1.165) is 0 Å². The molecule has 140 valence electrons. The van der Waals surface area contributed by atoms with Crippen molar-refractivity contribution in [1.82, 2.24) is 10.6 Å². The lowest BCUT2D eigenvalue weighted by atomic mass is 10.1. The molecular formula is C18H18N4O4S. The van der Waals surface area contributed by atoms with E-state index in [0.29, 0.717) is 11.3 Å². The van der Waals surface area contributed by atoms with E-state index >= 15 is 0 Å². The summed E-state index contributed by atoms with van der Waals surface area (Å²) in [4.78, 5) is 34.5. The number of nitro groups is 1. The topological polar surface area (TPSA) is 113 Å². The number of amides is 2. The highest BCUT2D eigenvalue weighted by atomic mass is 32.1. The van der Waals surface area contributed by atoms with Crippen LogP contribution in [-0.4, -0.2) is 27.9 Å². The van der Waals surface area contributed by atoms with Crippen LogP contribution in [0, 0.1) is 10.1 Å². The van der Waals surface area contributed by atoms with Gasteiger partial charge in [0.05, 0.1) is 4.92 Å². The number of carbonyl (C=O) groups is 2. The first kappa shape index (κ1) is 20.0. The van der Waals surface area contributed by atoms with Crippen LogP contribution < -0.4 is 16.0 Å². The lowest BCUT2D eigenvalue weighted by Gasteiger charge is -2.11. The molecular weight excluding hydrogens is 368 g/mol. The van der Waals surface area contributed by atoms with Gasteiger partial charge in [0.2, 0.25) is 0 Å². The van der Waals surface area contributed by atoms with Crippen molar-refractivity contribution in [2.75, 3.05) is 5.32 Å². The maximum absolute atomic E-state index is 12.2. The third-order valence-electron chi connectivity index (χ3n) is 3.40. The molecule has 0 spiro atoms. The highest BCUT2D eigenvalue weighted by Gasteiger charge is 2.19. The molecule has 0 aliphatic carbocycles. The van der Waals surface area contributed by atoms with Crippen molar-refractivity contribution in [2.45, 2.75) is 19.9 Å². The van der Waals surface area contributed by atoms with E-state index in [9.17, 15) is 19.7 Å². The second kappa shape index (κ2) is 8.86. The van der Waals surface area contributed by atoms with Gasteiger partial charge in [0.25, 0.3) is 17.5 Å². The van der Waals surface area contributed by atoms with E-state index < -0.39 is 10.8 Å². The van der Waals surface area contributed by atoms with Crippen LogP contribution >= 0.6 is 12.2 Å². The molecule has 8 nitrogen and oxygen atoms in total. The maximum Gasteiger partial charge on any atom is 0.282 e. The molecule has 0 fully saturated rings. The molecule has 2 aromatic rings. The van der Waals surface area contributed by atoms with Crippen LogP contribution in [0.2, 0.25) is 0 Å². The van der Waals surface area contributed by atoms with Crippen molar-refractivity contribution in [3.63, 3.8) is 0 Å². The van der Waals surface area contributed by atoms with Crippen molar-refractivity contribution in [2.24, 2.45) is 0 Å². The van der Waals surface area contributed by atoms with Crippen molar-refractivity contribution < 1.29 is 14.5 Å². The lowest BCUT2D eigenvalue weighted by Crippen LogP contribution is -2.34. The van der Waals surface area contributed by atoms with E-state index in [4.69, 9.17) is 12.2 Å². The van der Waals surface area contributed by atoms with Gasteiger partial charge in [-0.1, -0.05) is 12.1 Å². The first-order chi connectivity index (χ1) is 12.8. The number of para-hydroxylation sites is 1. The van der Waals surface area contributed by atoms with Gasteiger partial charge in [0.15, 0.2) is 5.11 Å². The molecule has 0 aliphatic rings. The van der Waals surface area contributed by atoms with Crippen molar-refractivity contribution in [1.29, 1.82) is 0 Å². The second-order valence-corrected chi connectivity index (χ2v) is 6.30. The lowest BCUT2D eigenvalue weighted by molar-refractivity contribution is -0.385. The van der Waals surface area contributed by atoms with E-state index in [-0.39, 0.29) is 28.3 Å².